The summed E-state index contributed by atoms with van der Waals surface area (Å²) < 4.78 is 65.5. The lowest BCUT2D eigenvalue weighted by Crippen LogP contribution is -2.30. The molecule has 7 N–H and O–H groups in total. The highest BCUT2D eigenvalue weighted by molar-refractivity contribution is 7.99. The molecule has 2 aliphatic heterocycles. The summed E-state index contributed by atoms with van der Waals surface area (Å²) in [7, 11) is -8.96. The molecule has 4 aromatic carbocycles. The maximum atomic E-state index is 13.7. The minimum Gasteiger partial charge on any atom is -0.396 e. The molecular formula is C63H73N17O11S5. The predicted octanol–water partition coefficient (Wildman–Crippen LogP) is 12.6. The lowest BCUT2D eigenvalue weighted by molar-refractivity contribution is -0.120. The topological polar surface area (TPSA) is 372 Å². The number of thioether (sulfide) groups is 1. The van der Waals surface area contributed by atoms with E-state index in [-0.39, 0.29) is 72.0 Å². The van der Waals surface area contributed by atoms with Crippen LogP contribution >= 0.6 is 34.4 Å². The summed E-state index contributed by atoms with van der Waals surface area (Å²) in [5.41, 5.74) is 3.35. The van der Waals surface area contributed by atoms with E-state index >= 15 is 0 Å². The number of hydrogen-bond acceptors (Lipinski definition) is 27. The fraction of sp³-hybridized carbons (Fsp3) is 0.349. The Kier molecular flexibility index (Phi) is 24.3. The highest BCUT2D eigenvalue weighted by Crippen LogP contribution is 2.41. The van der Waals surface area contributed by atoms with Gasteiger partial charge >= 0.3 is 0 Å². The van der Waals surface area contributed by atoms with Crippen molar-refractivity contribution in [1.82, 2.24) is 24.9 Å². The van der Waals surface area contributed by atoms with Gasteiger partial charge in [-0.2, -0.15) is 41.8 Å². The van der Waals surface area contributed by atoms with E-state index in [0.29, 0.717) is 96.5 Å². The molecule has 506 valence electrons. The van der Waals surface area contributed by atoms with Crippen molar-refractivity contribution in [2.24, 2.45) is 20.5 Å². The van der Waals surface area contributed by atoms with Crippen LogP contribution in [0.4, 0.5) is 79.3 Å². The molecule has 2 amide bonds. The first-order valence-electron chi connectivity index (χ1n) is 30.9. The summed E-state index contributed by atoms with van der Waals surface area (Å²) in [6.07, 6.45) is 8.55. The number of rotatable bonds is 29. The largest absolute Gasteiger partial charge is 0.396 e. The molecule has 0 aliphatic carbocycles. The number of piperidine rings is 2. The van der Waals surface area contributed by atoms with Gasteiger partial charge in [0.15, 0.2) is 16.7 Å². The molecule has 9 rings (SSSR count). The number of benzene rings is 4. The van der Waals surface area contributed by atoms with Crippen molar-refractivity contribution in [3.05, 3.63) is 106 Å². The fourth-order valence-electron chi connectivity index (χ4n) is 10.4. The zero-order valence-corrected chi connectivity index (χ0v) is 57.6. The molecule has 33 heteroatoms. The zero-order chi connectivity index (χ0) is 68.7. The Morgan fingerprint density at radius 2 is 0.938 bits per heavy atom. The quantitative estimate of drug-likeness (QED) is 0.00572. The van der Waals surface area contributed by atoms with E-state index in [1.54, 1.807) is 12.1 Å². The third-order valence-electron chi connectivity index (χ3n) is 15.3. The third kappa shape index (κ3) is 18.7. The predicted molar refractivity (Wildman–Crippen MR) is 376 cm³/mol. The van der Waals surface area contributed by atoms with E-state index < -0.39 is 43.6 Å². The van der Waals surface area contributed by atoms with Crippen LogP contribution < -0.4 is 40.9 Å². The minimum absolute atomic E-state index is 0.102. The molecular weight excluding hydrogens is 1330 g/mol. The van der Waals surface area contributed by atoms with Crippen LogP contribution in [-0.2, 0) is 39.4 Å². The van der Waals surface area contributed by atoms with Gasteiger partial charge in [0.2, 0.25) is 22.2 Å². The normalized spacial score (nSPS) is 14.1. The molecule has 3 aromatic heterocycles. The van der Waals surface area contributed by atoms with Gasteiger partial charge in [-0.25, -0.2) is 0 Å². The Bertz CT molecular complexity index is 4070. The van der Waals surface area contributed by atoms with Gasteiger partial charge < -0.3 is 46.0 Å². The number of aliphatic hydroxyl groups excluding tert-OH is 1. The van der Waals surface area contributed by atoms with Gasteiger partial charge in [-0.05, 0) is 177 Å². The van der Waals surface area contributed by atoms with E-state index in [1.165, 1.54) is 62.0 Å². The summed E-state index contributed by atoms with van der Waals surface area (Å²) in [4.78, 5) is 86.8. The van der Waals surface area contributed by atoms with Gasteiger partial charge in [0.05, 0.1) is 48.7 Å². The van der Waals surface area contributed by atoms with Gasteiger partial charge in [-0.3, -0.25) is 28.3 Å². The summed E-state index contributed by atoms with van der Waals surface area (Å²) >= 11 is 3.46. The number of thiazole rings is 2. The Balaban J connectivity index is 1.05. The molecule has 2 fully saturated rings. The molecule has 0 unspecified atom stereocenters. The van der Waals surface area contributed by atoms with Gasteiger partial charge in [0.1, 0.15) is 23.0 Å². The zero-order valence-electron chi connectivity index (χ0n) is 53.5. The molecule has 2 aliphatic rings. The van der Waals surface area contributed by atoms with Crippen LogP contribution in [0.15, 0.2) is 131 Å². The van der Waals surface area contributed by atoms with Crippen LogP contribution in [0.1, 0.15) is 89.8 Å². The molecule has 0 atom stereocenters. The number of carbonyl (C=O) groups excluding carboxylic acids is 4. The monoisotopic (exact) mass is 1400 g/mol. The number of aromatic nitrogens is 5. The second kappa shape index (κ2) is 32.7. The van der Waals surface area contributed by atoms with Crippen molar-refractivity contribution in [2.45, 2.75) is 95.0 Å². The molecule has 96 heavy (non-hydrogen) atoms. The van der Waals surface area contributed by atoms with E-state index in [9.17, 15) is 50.2 Å². The number of ketones is 2. The van der Waals surface area contributed by atoms with Gasteiger partial charge in [0.25, 0.3) is 32.1 Å². The van der Waals surface area contributed by atoms with E-state index in [2.05, 4.69) is 51.1 Å². The molecule has 7 aromatic rings. The van der Waals surface area contributed by atoms with Gasteiger partial charge in [-0.1, -0.05) is 34.4 Å². The number of hydrogen-bond donors (Lipinski definition) is 7. The smallest absolute Gasteiger partial charge is 0.294 e. The van der Waals surface area contributed by atoms with Crippen molar-refractivity contribution in [2.75, 3.05) is 106 Å². The summed E-state index contributed by atoms with van der Waals surface area (Å²) in [6, 6.07) is 20.9. The van der Waals surface area contributed by atoms with E-state index in [1.807, 2.05) is 52.0 Å². The van der Waals surface area contributed by atoms with Crippen molar-refractivity contribution in [1.29, 1.82) is 0 Å². The van der Waals surface area contributed by atoms with Crippen LogP contribution in [0.3, 0.4) is 0 Å². The van der Waals surface area contributed by atoms with Crippen molar-refractivity contribution >= 4 is 169 Å². The lowest BCUT2D eigenvalue weighted by atomic mass is 10.1. The first kappa shape index (κ1) is 71.3. The van der Waals surface area contributed by atoms with Gasteiger partial charge in [-0.15, -0.1) is 20.5 Å². The summed E-state index contributed by atoms with van der Waals surface area (Å²) in [5.74, 6) is -1.08. The second-order valence-electron chi connectivity index (χ2n) is 21.8. The van der Waals surface area contributed by atoms with Crippen molar-refractivity contribution in [3.8, 4) is 0 Å². The number of nitrogens with zero attached hydrogens (tertiary/aromatic N) is 13. The summed E-state index contributed by atoms with van der Waals surface area (Å²) in [5, 5.41) is 41.5. The second-order valence-corrected chi connectivity index (χ2v) is 27.8. The number of carbonyl (C=O) groups is 4. The number of azo groups is 2. The number of nitrogens with one attached hydrogen (secondary N) is 4. The SMILES string of the molecule is CCN(CC)c1ccc(N=Nc2nc(N3CCCCC3)c(/C=C(/C(C)=O)C(=O)Nc3ccc(S(=O)(=O)O)cc3)s2)c(Nc2nc(Nc3cc(N(CC)CC)ccc3N=Nc3nc(N4CCCCC4)c(/C=C(\C(C)=O)C(=O)Nc4ccc(S(=O)(=O)O)cc4)s3)nc(SCCO)n2)c1. The van der Waals surface area contributed by atoms with Crippen LogP contribution in [0.2, 0.25) is 0 Å². The molecule has 5 heterocycles. The third-order valence-corrected chi connectivity index (χ3v) is 19.6. The molecule has 2 saturated heterocycles. The first-order chi connectivity index (χ1) is 46.0. The van der Waals surface area contributed by atoms with E-state index in [4.69, 9.17) is 35.1 Å². The molecule has 0 radical (unpaired) electrons. The number of anilines is 10. The number of amides is 2. The van der Waals surface area contributed by atoms with Crippen LogP contribution in [0, 0.1) is 0 Å². The number of aliphatic hydroxyl groups is 1. The van der Waals surface area contributed by atoms with Gasteiger partial charge in [0, 0.05) is 80.9 Å². The highest BCUT2D eigenvalue weighted by atomic mass is 32.2. The Hall–Kier alpha value is -8.96. The first-order valence-corrected chi connectivity index (χ1v) is 36.4. The van der Waals surface area contributed by atoms with Crippen LogP contribution in [-0.4, -0.2) is 144 Å². The highest BCUT2D eigenvalue weighted by Gasteiger charge is 2.26. The average Bonchev–Trinajstić information content (AvgIpc) is 1.85. The molecule has 0 bridgehead atoms. The Morgan fingerprint density at radius 3 is 1.28 bits per heavy atom. The number of Topliss-reactive ketones (excluding diaryl/α,β-unsaturated/α-hetero) is 2. The maximum Gasteiger partial charge on any atom is 0.294 e. The summed E-state index contributed by atoms with van der Waals surface area (Å²) in [6.45, 7) is 15.9. The Labute approximate surface area is 568 Å². The van der Waals surface area contributed by atoms with Crippen molar-refractivity contribution < 1.29 is 50.2 Å². The van der Waals surface area contributed by atoms with E-state index in [0.717, 1.165) is 96.8 Å². The fourth-order valence-corrected chi connectivity index (χ4v) is 13.6. The molecule has 0 spiro atoms. The lowest BCUT2D eigenvalue weighted by Gasteiger charge is -2.27. The van der Waals surface area contributed by atoms with Crippen LogP contribution in [0.5, 0.6) is 0 Å². The molecule has 0 saturated carbocycles. The standard InChI is InChI=1S/C63H73N17O11S5/c1-7-77(8-2)43-21-27-49(73-75-62-68-55(79-29-13-11-14-30-79)53(93-62)37-47(39(5)82)57(84)64-41-17-23-45(24-18-41)95(86,87)88)51(35-43)66-59-70-60(72-61(71-59)92-34-33-81)67-52-36-44(78(9-3)10-4)22-28-50(52)74-76-63-69-56(80-31-15-12-16-32-80)54(94-63)38-48(40(6)83)58(85)65-42-19-25-46(26-20-42)96(89,90)91/h17-28,35-38,81H,7-16,29-34H2,1-6H3,(H,64,84)(H,65,85)(H,86,87,88)(H,89,90,91)(H2,66,67,70,71,72)/b47-37-,48-38+,75-73?,76-74?. The molecule has 28 nitrogen and oxygen atoms in total. The average molecular weight is 1400 g/mol. The van der Waals surface area contributed by atoms with Crippen LogP contribution in [0.25, 0.3) is 12.2 Å². The maximum absolute atomic E-state index is 13.7. The van der Waals surface area contributed by atoms with Crippen molar-refractivity contribution in [3.63, 3.8) is 0 Å². The minimum atomic E-state index is -4.48. The Morgan fingerprint density at radius 1 is 0.552 bits per heavy atom.